The Bertz CT molecular complexity index is 1450. The van der Waals surface area contributed by atoms with Gasteiger partial charge in [0.1, 0.15) is 10.6 Å². The van der Waals surface area contributed by atoms with Gasteiger partial charge in [0.2, 0.25) is 0 Å². The number of fused-ring (bicyclic) bond motifs is 2. The molecule has 0 bridgehead atoms. The van der Waals surface area contributed by atoms with Gasteiger partial charge in [0.15, 0.2) is 11.6 Å². The monoisotopic (exact) mass is 502 g/mol. The number of anilines is 3. The molecule has 0 aromatic heterocycles. The predicted octanol–water partition coefficient (Wildman–Crippen LogP) is 1.05. The Hall–Kier alpha value is -2.90. The van der Waals surface area contributed by atoms with Gasteiger partial charge >= 0.3 is 35.9 Å². The van der Waals surface area contributed by atoms with Crippen molar-refractivity contribution in [2.45, 2.75) is 11.3 Å². The molecule has 3 aromatic carbocycles. The summed E-state index contributed by atoms with van der Waals surface area (Å²) in [4.78, 5) is 25.4. The van der Waals surface area contributed by atoms with Crippen LogP contribution >= 0.6 is 0 Å². The number of alkyl halides is 3. The second-order valence-electron chi connectivity index (χ2n) is 6.97. The average Bonchev–Trinajstić information content (AvgIpc) is 2.71. The summed E-state index contributed by atoms with van der Waals surface area (Å²) in [6.07, 6.45) is -4.96. The van der Waals surface area contributed by atoms with Crippen LogP contribution in [0.5, 0.6) is 5.75 Å². The van der Waals surface area contributed by atoms with E-state index in [-0.39, 0.29) is 59.0 Å². The minimum atomic E-state index is -4.96. The maximum Gasteiger partial charge on any atom is 1.00 e. The minimum absolute atomic E-state index is 0. The van der Waals surface area contributed by atoms with Gasteiger partial charge in [0.25, 0.3) is 10.1 Å². The average molecular weight is 502 g/mol. The summed E-state index contributed by atoms with van der Waals surface area (Å²) in [5.41, 5.74) is 4.25. The Morgan fingerprint density at radius 2 is 1.53 bits per heavy atom. The van der Waals surface area contributed by atoms with E-state index >= 15 is 0 Å². The first-order chi connectivity index (χ1) is 15.4. The van der Waals surface area contributed by atoms with Crippen molar-refractivity contribution in [2.24, 2.45) is 0 Å². The molecule has 8 nitrogen and oxygen atoms in total. The Balaban J connectivity index is 0.00000216. The fourth-order valence-electron chi connectivity index (χ4n) is 3.53. The zero-order valence-electron chi connectivity index (χ0n) is 18.3. The van der Waals surface area contributed by atoms with Crippen molar-refractivity contribution in [2.75, 3.05) is 11.1 Å². The molecule has 0 saturated heterocycles. The van der Waals surface area contributed by atoms with Crippen LogP contribution in [0.4, 0.5) is 30.2 Å². The van der Waals surface area contributed by atoms with Crippen LogP contribution in [0.3, 0.4) is 0 Å². The third-order valence-corrected chi connectivity index (χ3v) is 5.72. The number of benzene rings is 3. The first kappa shape index (κ1) is 25.7. The van der Waals surface area contributed by atoms with Crippen LogP contribution in [0.25, 0.3) is 0 Å². The Labute approximate surface area is 214 Å². The van der Waals surface area contributed by atoms with Crippen LogP contribution < -0.4 is 45.3 Å². The number of hydrogen-bond acceptors (Lipinski definition) is 7. The van der Waals surface area contributed by atoms with E-state index in [1.54, 1.807) is 0 Å². The van der Waals surface area contributed by atoms with E-state index in [1.165, 1.54) is 36.4 Å². The van der Waals surface area contributed by atoms with Gasteiger partial charge in [-0.15, -0.1) is 13.2 Å². The van der Waals surface area contributed by atoms with E-state index in [2.05, 4.69) is 10.1 Å². The number of ketones is 2. The number of rotatable bonds is 4. The van der Waals surface area contributed by atoms with Gasteiger partial charge < -0.3 is 17.2 Å². The van der Waals surface area contributed by atoms with Crippen LogP contribution in [0.2, 0.25) is 0 Å². The fraction of sp³-hybridized carbons (Fsp3) is 0.0476. The molecule has 1 aliphatic rings. The van der Waals surface area contributed by atoms with E-state index in [1.807, 2.05) is 0 Å². The Kier molecular flexibility index (Phi) is 6.84. The van der Waals surface area contributed by atoms with Crippen LogP contribution in [0.15, 0.2) is 59.5 Å². The quantitative estimate of drug-likeness (QED) is 0.214. The van der Waals surface area contributed by atoms with Gasteiger partial charge in [-0.2, -0.15) is 8.42 Å². The van der Waals surface area contributed by atoms with E-state index < -0.39 is 49.9 Å². The molecule has 13 heteroatoms. The molecule has 172 valence electrons. The maximum absolute atomic E-state index is 13.2. The molecular weight excluding hydrogens is 488 g/mol. The summed E-state index contributed by atoms with van der Waals surface area (Å²) in [7, 11) is -4.93. The summed E-state index contributed by atoms with van der Waals surface area (Å²) >= 11 is 0. The predicted molar refractivity (Wildman–Crippen MR) is 111 cm³/mol. The number of nitrogens with one attached hydrogen (secondary N) is 1. The molecule has 4 N–H and O–H groups in total. The normalized spacial score (nSPS) is 12.9. The number of carbonyl (C=O) groups is 2. The molecule has 0 spiro atoms. The molecule has 34 heavy (non-hydrogen) atoms. The molecule has 0 amide bonds. The standard InChI is InChI=1S/C21H13F3N2O6S.Na.H/c22-21(23,24)32-11-5-3-4-10(8-11)26-14-9-15(33(29,30)31)18(25)17-16(14)19(27)12-6-1-2-7-13(12)20(17)28;;/h1-9,26H,25H2,(H,29,30,31);;/q;+1;-1. The minimum Gasteiger partial charge on any atom is -1.00 e. The number of nitrogens with two attached hydrogens (primary N) is 1. The number of hydrogen-bond donors (Lipinski definition) is 3. The number of halogens is 3. The number of nitrogen functional groups attached to an aromatic ring is 1. The van der Waals surface area contributed by atoms with Crippen molar-refractivity contribution < 1.29 is 71.5 Å². The third-order valence-electron chi connectivity index (χ3n) is 4.82. The molecule has 0 unspecified atom stereocenters. The first-order valence-electron chi connectivity index (χ1n) is 9.12. The second-order valence-corrected chi connectivity index (χ2v) is 8.36. The van der Waals surface area contributed by atoms with Gasteiger partial charge in [-0.1, -0.05) is 30.3 Å². The van der Waals surface area contributed by atoms with Crippen LogP contribution in [0.1, 0.15) is 33.3 Å². The van der Waals surface area contributed by atoms with Gasteiger partial charge in [-0.25, -0.2) is 0 Å². The molecule has 1 aliphatic carbocycles. The van der Waals surface area contributed by atoms with Crippen molar-refractivity contribution in [3.63, 3.8) is 0 Å². The van der Waals surface area contributed by atoms with Gasteiger partial charge in [0, 0.05) is 22.9 Å². The summed E-state index contributed by atoms with van der Waals surface area (Å²) in [5.74, 6) is -2.00. The van der Waals surface area contributed by atoms with E-state index in [0.29, 0.717) is 0 Å². The van der Waals surface area contributed by atoms with Crippen molar-refractivity contribution in [3.05, 3.63) is 76.9 Å². The molecule has 0 fully saturated rings. The van der Waals surface area contributed by atoms with Crippen molar-refractivity contribution in [1.82, 2.24) is 0 Å². The van der Waals surface area contributed by atoms with Crippen LogP contribution in [0, 0.1) is 0 Å². The zero-order chi connectivity index (χ0) is 24.1. The van der Waals surface area contributed by atoms with Gasteiger partial charge in [-0.05, 0) is 18.2 Å². The molecular formula is C21H14F3N2NaO6S. The van der Waals surface area contributed by atoms with E-state index in [4.69, 9.17) is 5.73 Å². The van der Waals surface area contributed by atoms with Crippen molar-refractivity contribution in [1.29, 1.82) is 0 Å². The second kappa shape index (κ2) is 9.04. The largest absolute Gasteiger partial charge is 1.00 e. The summed E-state index contributed by atoms with van der Waals surface area (Å²) in [6.45, 7) is 0. The number of carbonyl (C=O) groups excluding carboxylic acids is 2. The van der Waals surface area contributed by atoms with E-state index in [9.17, 15) is 35.7 Å². The molecule has 0 radical (unpaired) electrons. The molecule has 0 atom stereocenters. The topological polar surface area (TPSA) is 136 Å². The summed E-state index contributed by atoms with van der Waals surface area (Å²) in [6, 6.07) is 11.1. The SMILES string of the molecule is Nc1c(S(=O)(=O)O)cc(Nc2cccc(OC(F)(F)F)c2)c2c1C(=O)c1ccccc1C2=O.[H-].[Na+]. The molecule has 0 saturated carbocycles. The third kappa shape index (κ3) is 4.81. The van der Waals surface area contributed by atoms with Crippen LogP contribution in [-0.4, -0.2) is 30.9 Å². The maximum atomic E-state index is 13.2. The molecule has 0 heterocycles. The smallest absolute Gasteiger partial charge is 1.00 e. The molecule has 4 rings (SSSR count). The Morgan fingerprint density at radius 3 is 2.09 bits per heavy atom. The van der Waals surface area contributed by atoms with Crippen molar-refractivity contribution >= 4 is 38.7 Å². The summed E-state index contributed by atoms with van der Waals surface area (Å²) in [5, 5.41) is 2.63. The first-order valence-corrected chi connectivity index (χ1v) is 10.6. The Morgan fingerprint density at radius 1 is 0.941 bits per heavy atom. The zero-order valence-corrected chi connectivity index (χ0v) is 20.1. The number of ether oxygens (including phenoxy) is 1. The van der Waals surface area contributed by atoms with E-state index in [0.717, 1.165) is 18.2 Å². The van der Waals surface area contributed by atoms with Gasteiger partial charge in [-0.3, -0.25) is 14.1 Å². The fourth-order valence-corrected chi connectivity index (χ4v) is 4.18. The molecule has 3 aromatic rings. The molecule has 0 aliphatic heterocycles. The van der Waals surface area contributed by atoms with Gasteiger partial charge in [0.05, 0.1) is 22.5 Å². The summed E-state index contributed by atoms with van der Waals surface area (Å²) < 4.78 is 74.9. The van der Waals surface area contributed by atoms with Crippen molar-refractivity contribution in [3.8, 4) is 5.75 Å². The van der Waals surface area contributed by atoms with Crippen LogP contribution in [-0.2, 0) is 10.1 Å².